The van der Waals surface area contributed by atoms with Gasteiger partial charge in [-0.05, 0) is 140 Å². The Bertz CT molecular complexity index is 1750. The summed E-state index contributed by atoms with van der Waals surface area (Å²) in [6.45, 7) is 17.5. The van der Waals surface area contributed by atoms with Gasteiger partial charge in [0.1, 0.15) is 23.0 Å². The van der Waals surface area contributed by atoms with Crippen molar-refractivity contribution in [2.75, 3.05) is 0 Å². The standard InChI is InChI=1S/C38H35BO2/c1-20-9-11-32-34(13-20)40-37-30(28-15-22(3)26(7)23(4)16-28)19-31(29-17-24(5)27(8)25(6)18-29)38-36(37)39(32)33-12-10-21(2)14-35(33)41-38/h9-19H,1-8H3. The highest BCUT2D eigenvalue weighted by Crippen LogP contribution is 2.47. The van der Waals surface area contributed by atoms with Gasteiger partial charge in [0.2, 0.25) is 0 Å². The summed E-state index contributed by atoms with van der Waals surface area (Å²) >= 11 is 0. The molecule has 0 unspecified atom stereocenters. The smallest absolute Gasteiger partial charge is 0.260 e. The molecule has 41 heavy (non-hydrogen) atoms. The van der Waals surface area contributed by atoms with Gasteiger partial charge in [0.15, 0.2) is 0 Å². The molecule has 0 spiro atoms. The number of ether oxygens (including phenoxy) is 2. The van der Waals surface area contributed by atoms with Gasteiger partial charge < -0.3 is 9.47 Å². The van der Waals surface area contributed by atoms with E-state index in [0.717, 1.165) is 39.6 Å². The number of benzene rings is 5. The highest BCUT2D eigenvalue weighted by molar-refractivity contribution is 6.98. The number of fused-ring (bicyclic) bond motifs is 4. The zero-order valence-electron chi connectivity index (χ0n) is 25.2. The molecule has 0 aliphatic carbocycles. The highest BCUT2D eigenvalue weighted by Gasteiger charge is 2.42. The van der Waals surface area contributed by atoms with Gasteiger partial charge in [0, 0.05) is 16.6 Å². The van der Waals surface area contributed by atoms with Gasteiger partial charge in [0.05, 0.1) is 0 Å². The van der Waals surface area contributed by atoms with Crippen LogP contribution < -0.4 is 25.9 Å². The van der Waals surface area contributed by atoms with Gasteiger partial charge in [-0.15, -0.1) is 0 Å². The van der Waals surface area contributed by atoms with Crippen molar-refractivity contribution < 1.29 is 9.47 Å². The van der Waals surface area contributed by atoms with Gasteiger partial charge in [-0.2, -0.15) is 0 Å². The van der Waals surface area contributed by atoms with E-state index in [0.29, 0.717) is 0 Å². The molecule has 2 aliphatic heterocycles. The van der Waals surface area contributed by atoms with E-state index in [-0.39, 0.29) is 6.71 Å². The van der Waals surface area contributed by atoms with Crippen LogP contribution in [0.25, 0.3) is 22.3 Å². The number of hydrogen-bond donors (Lipinski definition) is 0. The van der Waals surface area contributed by atoms with E-state index in [1.54, 1.807) is 0 Å². The summed E-state index contributed by atoms with van der Waals surface area (Å²) < 4.78 is 13.8. The molecule has 202 valence electrons. The van der Waals surface area contributed by atoms with Gasteiger partial charge >= 0.3 is 0 Å². The van der Waals surface area contributed by atoms with Crippen LogP contribution in [-0.4, -0.2) is 6.71 Å². The molecule has 2 aliphatic rings. The minimum Gasteiger partial charge on any atom is -0.458 e. The zero-order valence-corrected chi connectivity index (χ0v) is 25.2. The molecule has 2 heterocycles. The Morgan fingerprint density at radius 2 is 0.854 bits per heavy atom. The molecule has 0 bridgehead atoms. The van der Waals surface area contributed by atoms with Gasteiger partial charge in [-0.1, -0.05) is 48.5 Å². The molecule has 5 aromatic rings. The first-order valence-corrected chi connectivity index (χ1v) is 14.5. The van der Waals surface area contributed by atoms with Gasteiger partial charge in [0.25, 0.3) is 6.71 Å². The second kappa shape index (κ2) is 9.14. The fourth-order valence-electron chi connectivity index (χ4n) is 6.60. The summed E-state index contributed by atoms with van der Waals surface area (Å²) in [6.07, 6.45) is 0. The van der Waals surface area contributed by atoms with Crippen molar-refractivity contribution in [3.63, 3.8) is 0 Å². The minimum absolute atomic E-state index is 0.0210. The van der Waals surface area contributed by atoms with Crippen molar-refractivity contribution >= 4 is 23.1 Å². The van der Waals surface area contributed by atoms with Crippen LogP contribution in [-0.2, 0) is 0 Å². The zero-order chi connectivity index (χ0) is 28.7. The van der Waals surface area contributed by atoms with Crippen LogP contribution in [0.1, 0.15) is 44.5 Å². The molecule has 0 N–H and O–H groups in total. The van der Waals surface area contributed by atoms with E-state index in [4.69, 9.17) is 9.47 Å². The Morgan fingerprint density at radius 1 is 0.463 bits per heavy atom. The maximum atomic E-state index is 6.92. The lowest BCUT2D eigenvalue weighted by Gasteiger charge is -2.35. The van der Waals surface area contributed by atoms with Crippen LogP contribution in [0.4, 0.5) is 0 Å². The lowest BCUT2D eigenvalue weighted by molar-refractivity contribution is 0.466. The summed E-state index contributed by atoms with van der Waals surface area (Å²) in [7, 11) is 0. The third-order valence-electron chi connectivity index (χ3n) is 9.42. The lowest BCUT2D eigenvalue weighted by atomic mass is 9.34. The maximum absolute atomic E-state index is 6.92. The third kappa shape index (κ3) is 3.94. The van der Waals surface area contributed by atoms with Crippen molar-refractivity contribution in [3.05, 3.63) is 111 Å². The lowest BCUT2D eigenvalue weighted by Crippen LogP contribution is -2.57. The average Bonchev–Trinajstić information content (AvgIpc) is 2.93. The molecular weight excluding hydrogens is 499 g/mol. The van der Waals surface area contributed by atoms with E-state index in [1.807, 2.05) is 0 Å². The summed E-state index contributed by atoms with van der Waals surface area (Å²) in [5.41, 5.74) is 18.3. The molecule has 5 aromatic carbocycles. The summed E-state index contributed by atoms with van der Waals surface area (Å²) in [5.74, 6) is 3.67. The minimum atomic E-state index is 0.0210. The second-order valence-electron chi connectivity index (χ2n) is 12.2. The van der Waals surface area contributed by atoms with Crippen molar-refractivity contribution in [2.24, 2.45) is 0 Å². The molecule has 0 saturated heterocycles. The first-order chi connectivity index (χ1) is 19.6. The van der Waals surface area contributed by atoms with E-state index < -0.39 is 0 Å². The van der Waals surface area contributed by atoms with Crippen LogP contribution in [0.2, 0.25) is 0 Å². The molecule has 0 amide bonds. The Hall–Kier alpha value is -4.24. The molecule has 7 rings (SSSR count). The van der Waals surface area contributed by atoms with E-state index >= 15 is 0 Å². The fourth-order valence-corrected chi connectivity index (χ4v) is 6.60. The second-order valence-corrected chi connectivity index (χ2v) is 12.2. The average molecular weight is 535 g/mol. The Balaban J connectivity index is 1.62. The number of hydrogen-bond acceptors (Lipinski definition) is 2. The number of aryl methyl sites for hydroxylation is 6. The Kier molecular flexibility index (Phi) is 5.73. The summed E-state index contributed by atoms with van der Waals surface area (Å²) in [5, 5.41) is 0. The monoisotopic (exact) mass is 534 g/mol. The largest absolute Gasteiger partial charge is 0.458 e. The first-order valence-electron chi connectivity index (χ1n) is 14.5. The molecule has 0 atom stereocenters. The molecule has 0 fully saturated rings. The van der Waals surface area contributed by atoms with Crippen LogP contribution in [0.3, 0.4) is 0 Å². The van der Waals surface area contributed by atoms with Gasteiger partial charge in [-0.3, -0.25) is 0 Å². The topological polar surface area (TPSA) is 18.5 Å². The van der Waals surface area contributed by atoms with Crippen molar-refractivity contribution in [3.8, 4) is 45.3 Å². The SMILES string of the molecule is Cc1ccc2c(c1)Oc1c(-c3cc(C)c(C)c(C)c3)cc(-c3cc(C)c(C)c(C)c3)c3c1B2c1ccc(C)cc1O3. The number of rotatable bonds is 2. The predicted molar refractivity (Wildman–Crippen MR) is 173 cm³/mol. The van der Waals surface area contributed by atoms with Gasteiger partial charge in [-0.25, -0.2) is 0 Å². The first kappa shape index (κ1) is 25.7. The summed E-state index contributed by atoms with van der Waals surface area (Å²) in [4.78, 5) is 0. The van der Waals surface area contributed by atoms with Crippen molar-refractivity contribution in [2.45, 2.75) is 55.4 Å². The molecule has 0 saturated carbocycles. The summed E-state index contributed by atoms with van der Waals surface area (Å²) in [6, 6.07) is 24.8. The van der Waals surface area contributed by atoms with E-state index in [2.05, 4.69) is 122 Å². The Morgan fingerprint density at radius 3 is 1.24 bits per heavy atom. The van der Waals surface area contributed by atoms with Crippen LogP contribution in [0.15, 0.2) is 66.7 Å². The van der Waals surface area contributed by atoms with Crippen LogP contribution >= 0.6 is 0 Å². The molecule has 2 nitrogen and oxygen atoms in total. The molecule has 3 heteroatoms. The van der Waals surface area contributed by atoms with Crippen molar-refractivity contribution in [1.29, 1.82) is 0 Å². The molecule has 0 radical (unpaired) electrons. The van der Waals surface area contributed by atoms with Crippen molar-refractivity contribution in [1.82, 2.24) is 0 Å². The van der Waals surface area contributed by atoms with Crippen LogP contribution in [0, 0.1) is 55.4 Å². The molecular formula is C38H35BO2. The highest BCUT2D eigenvalue weighted by atomic mass is 16.5. The third-order valence-corrected chi connectivity index (χ3v) is 9.42. The quantitative estimate of drug-likeness (QED) is 0.208. The van der Waals surface area contributed by atoms with E-state index in [1.165, 1.54) is 66.6 Å². The maximum Gasteiger partial charge on any atom is 0.260 e. The molecule has 0 aromatic heterocycles. The predicted octanol–water partition coefficient (Wildman–Crippen LogP) is 8.22. The normalized spacial score (nSPS) is 12.7. The van der Waals surface area contributed by atoms with Crippen LogP contribution in [0.5, 0.6) is 23.0 Å². The fraction of sp³-hybridized carbons (Fsp3) is 0.211. The van der Waals surface area contributed by atoms with E-state index in [9.17, 15) is 0 Å². The Labute approximate surface area is 244 Å².